The minimum atomic E-state index is 0. The van der Waals surface area contributed by atoms with Crippen LogP contribution in [-0.4, -0.2) is 17.6 Å². The van der Waals surface area contributed by atoms with Crippen LogP contribution in [-0.2, 0) is 17.4 Å². The number of hydrogen-bond acceptors (Lipinski definition) is 3. The Hall–Kier alpha value is -0.718. The fourth-order valence-electron chi connectivity index (χ4n) is 0.357. The second-order valence-corrected chi connectivity index (χ2v) is 1.35. The number of nitrogens with one attached hydrogen (secondary N) is 2. The van der Waals surface area contributed by atoms with Crippen LogP contribution in [0.25, 0.3) is 0 Å². The van der Waals surface area contributed by atoms with Crippen LogP contribution in [0, 0.1) is 10.8 Å². The van der Waals surface area contributed by atoms with Gasteiger partial charge in [0.15, 0.2) is 0 Å². The zero-order valence-corrected chi connectivity index (χ0v) is 5.79. The van der Waals surface area contributed by atoms with Gasteiger partial charge in [0.1, 0.15) is 0 Å². The van der Waals surface area contributed by atoms with E-state index in [1.165, 1.54) is 12.3 Å². The molecule has 0 bridgehead atoms. The van der Waals surface area contributed by atoms with Gasteiger partial charge in [-0.05, 0) is 11.4 Å². The van der Waals surface area contributed by atoms with E-state index >= 15 is 0 Å². The molecule has 0 atom stereocenters. The van der Waals surface area contributed by atoms with Gasteiger partial charge in [0.2, 0.25) is 0 Å². The average molecular weight is 158 g/mol. The smallest absolute Gasteiger partial charge is 0 e. The Morgan fingerprint density at radius 1 is 1.44 bits per heavy atom. The molecule has 0 radical (unpaired) electrons. The van der Waals surface area contributed by atoms with E-state index in [0.29, 0.717) is 0 Å². The normalized spacial score (nSPS) is 15.6. The molecule has 0 amide bonds. The number of nitrogens with zero attached hydrogens (tertiary/aromatic N) is 1. The predicted octanol–water partition coefficient (Wildman–Crippen LogP) is 0.499. The van der Waals surface area contributed by atoms with Gasteiger partial charge >= 0.3 is 0 Å². The molecule has 9 heavy (non-hydrogen) atoms. The van der Waals surface area contributed by atoms with Gasteiger partial charge in [-0.2, -0.15) is 0 Å². The fraction of sp³-hybridized carbons (Fsp3) is 0. The van der Waals surface area contributed by atoms with Crippen molar-refractivity contribution in [3.05, 3.63) is 12.3 Å². The third-order valence-corrected chi connectivity index (χ3v) is 0.761. The first-order valence-corrected chi connectivity index (χ1v) is 2.10. The molecule has 0 spiro atoms. The van der Waals surface area contributed by atoms with Gasteiger partial charge in [-0.25, -0.2) is 0 Å². The molecule has 0 saturated carbocycles. The van der Waals surface area contributed by atoms with E-state index in [4.69, 9.17) is 10.8 Å². The summed E-state index contributed by atoms with van der Waals surface area (Å²) >= 11 is 0. The van der Waals surface area contributed by atoms with Crippen LogP contribution >= 0.6 is 0 Å². The third-order valence-electron chi connectivity index (χ3n) is 0.761. The topological polar surface area (TPSA) is 60.1 Å². The quantitative estimate of drug-likeness (QED) is 0.482. The van der Waals surface area contributed by atoms with Gasteiger partial charge in [-0.3, -0.25) is 0 Å². The van der Waals surface area contributed by atoms with Gasteiger partial charge in [0.25, 0.3) is 0 Å². The molecule has 0 aromatic carbocycles. The first-order chi connectivity index (χ1) is 3.80. The van der Waals surface area contributed by atoms with Crippen LogP contribution in [0.15, 0.2) is 17.3 Å². The maximum absolute atomic E-state index is 6.96. The van der Waals surface area contributed by atoms with Crippen molar-refractivity contribution in [3.8, 4) is 0 Å². The number of hydrogen-bond donors (Lipinski definition) is 2. The molecular weight excluding hydrogens is 154 g/mol. The van der Waals surface area contributed by atoms with E-state index in [9.17, 15) is 0 Å². The van der Waals surface area contributed by atoms with Gasteiger partial charge < -0.3 is 15.8 Å². The molecule has 1 aliphatic heterocycles. The molecule has 0 fully saturated rings. The summed E-state index contributed by atoms with van der Waals surface area (Å²) in [5.74, 6) is 0. The molecule has 2 N–H and O–H groups in total. The molecule has 1 aliphatic rings. The monoisotopic (exact) mass is 158 g/mol. The van der Waals surface area contributed by atoms with Crippen LogP contribution in [0.2, 0.25) is 0 Å². The Labute approximate surface area is 63.6 Å². The molecular formula is C5H4CrN3-. The summed E-state index contributed by atoms with van der Waals surface area (Å²) in [6.07, 6.45) is 5.23. The first kappa shape index (κ1) is 8.28. The van der Waals surface area contributed by atoms with Crippen molar-refractivity contribution in [2.45, 2.75) is 0 Å². The van der Waals surface area contributed by atoms with E-state index < -0.39 is 0 Å². The molecule has 4 heteroatoms. The van der Waals surface area contributed by atoms with Crippen molar-refractivity contribution in [2.24, 2.45) is 4.99 Å². The zero-order chi connectivity index (χ0) is 5.98. The van der Waals surface area contributed by atoms with Crippen molar-refractivity contribution < 1.29 is 17.4 Å². The maximum Gasteiger partial charge on any atom is 0 e. The molecule has 0 saturated heterocycles. The maximum atomic E-state index is 6.96. The van der Waals surface area contributed by atoms with Crippen LogP contribution in [0.5, 0.6) is 0 Å². The Morgan fingerprint density at radius 2 is 2.11 bits per heavy atom. The van der Waals surface area contributed by atoms with Gasteiger partial charge in [0, 0.05) is 17.4 Å². The first-order valence-electron chi connectivity index (χ1n) is 2.10. The molecule has 1 rings (SSSR count). The average Bonchev–Trinajstić information content (AvgIpc) is 1.77. The Morgan fingerprint density at radius 3 is 2.44 bits per heavy atom. The zero-order valence-electron chi connectivity index (χ0n) is 4.51. The van der Waals surface area contributed by atoms with E-state index in [1.807, 2.05) is 0 Å². The molecule has 46 valence electrons. The SMILES string of the molecule is N=C1[C-]=NC=CC1=N.[Cr]. The van der Waals surface area contributed by atoms with Gasteiger partial charge in [-0.15, -0.1) is 6.08 Å². The molecule has 0 aromatic rings. The Balaban J connectivity index is 0.000000640. The predicted molar refractivity (Wildman–Crippen MR) is 32.0 cm³/mol. The third kappa shape index (κ3) is 1.92. The minimum Gasteiger partial charge on any atom is -0.392 e. The van der Waals surface area contributed by atoms with Crippen molar-refractivity contribution in [2.75, 3.05) is 0 Å². The van der Waals surface area contributed by atoms with Crippen molar-refractivity contribution in [3.63, 3.8) is 0 Å². The fourth-order valence-corrected chi connectivity index (χ4v) is 0.357. The summed E-state index contributed by atoms with van der Waals surface area (Å²) in [5, 5.41) is 13.9. The van der Waals surface area contributed by atoms with Gasteiger partial charge in [0.05, 0.1) is 0 Å². The van der Waals surface area contributed by atoms with Crippen LogP contribution in [0.1, 0.15) is 0 Å². The number of aliphatic imine (C=N–C) groups is 1. The van der Waals surface area contributed by atoms with Crippen LogP contribution in [0.3, 0.4) is 0 Å². The van der Waals surface area contributed by atoms with Crippen molar-refractivity contribution in [1.29, 1.82) is 10.8 Å². The Bertz CT molecular complexity index is 170. The molecule has 3 nitrogen and oxygen atoms in total. The summed E-state index contributed by atoms with van der Waals surface area (Å²) in [6.45, 7) is 0. The van der Waals surface area contributed by atoms with E-state index in [2.05, 4.69) is 11.2 Å². The Kier molecular flexibility index (Phi) is 3.07. The largest absolute Gasteiger partial charge is 0.392 e. The molecule has 1 heterocycles. The van der Waals surface area contributed by atoms with E-state index in [1.54, 1.807) is 0 Å². The molecule has 0 aromatic heterocycles. The summed E-state index contributed by atoms with van der Waals surface area (Å²) in [5.41, 5.74) is 0.215. The van der Waals surface area contributed by atoms with E-state index in [0.717, 1.165) is 0 Å². The van der Waals surface area contributed by atoms with Crippen LogP contribution in [0.4, 0.5) is 0 Å². The second kappa shape index (κ2) is 3.34. The van der Waals surface area contributed by atoms with Crippen molar-refractivity contribution in [1.82, 2.24) is 0 Å². The minimum absolute atomic E-state index is 0. The summed E-state index contributed by atoms with van der Waals surface area (Å²) < 4.78 is 0. The summed E-state index contributed by atoms with van der Waals surface area (Å²) in [4.78, 5) is 3.51. The summed E-state index contributed by atoms with van der Waals surface area (Å²) in [6, 6.07) is 0. The molecule has 0 aliphatic carbocycles. The number of allylic oxidation sites excluding steroid dienone is 1. The number of rotatable bonds is 0. The second-order valence-electron chi connectivity index (χ2n) is 1.35. The summed E-state index contributed by atoms with van der Waals surface area (Å²) in [7, 11) is 0. The van der Waals surface area contributed by atoms with Crippen molar-refractivity contribution >= 4 is 17.6 Å². The van der Waals surface area contributed by atoms with Gasteiger partial charge in [-0.1, -0.05) is 12.4 Å². The van der Waals surface area contributed by atoms with Crippen LogP contribution < -0.4 is 0 Å². The van der Waals surface area contributed by atoms with E-state index in [-0.39, 0.29) is 28.8 Å². The standard InChI is InChI=1S/C5H4N3.Cr/c6-4-1-2-8-3-5(4)7;/h1-2,6-7H;/q-1;. The molecule has 0 unspecified atom stereocenters.